The third-order valence-electron chi connectivity index (χ3n) is 2.34. The van der Waals surface area contributed by atoms with Crippen LogP contribution in [0.2, 0.25) is 0 Å². The molecular formula is C11H9BrF3NO2. The van der Waals surface area contributed by atoms with Crippen molar-refractivity contribution in [3.05, 3.63) is 34.9 Å². The molecule has 0 aromatic heterocycles. The van der Waals surface area contributed by atoms with Crippen LogP contribution in [0.4, 0.5) is 13.2 Å². The summed E-state index contributed by atoms with van der Waals surface area (Å²) in [6.07, 6.45) is -7.17. The van der Waals surface area contributed by atoms with Gasteiger partial charge in [-0.2, -0.15) is 18.4 Å². The number of rotatable bonds is 3. The predicted molar refractivity (Wildman–Crippen MR) is 60.9 cm³/mol. The molecule has 0 aliphatic heterocycles. The summed E-state index contributed by atoms with van der Waals surface area (Å²) in [5.41, 5.74) is -1.31. The lowest BCUT2D eigenvalue weighted by molar-refractivity contribution is -0.137. The normalized spacial score (nSPS) is 14.9. The van der Waals surface area contributed by atoms with Gasteiger partial charge in [-0.15, -0.1) is 0 Å². The van der Waals surface area contributed by atoms with Crippen LogP contribution in [0.25, 0.3) is 0 Å². The largest absolute Gasteiger partial charge is 0.416 e. The number of hydrogen-bond donors (Lipinski definition) is 2. The predicted octanol–water partition coefficient (Wildman–Crippen LogP) is 2.37. The zero-order chi connectivity index (χ0) is 13.9. The summed E-state index contributed by atoms with van der Waals surface area (Å²) in [5.74, 6) is 0. The topological polar surface area (TPSA) is 64.2 Å². The second kappa shape index (κ2) is 5.69. The molecule has 1 rings (SSSR count). The molecule has 1 aromatic rings. The van der Waals surface area contributed by atoms with Crippen LogP contribution in [0, 0.1) is 11.3 Å². The molecule has 0 spiro atoms. The fourth-order valence-corrected chi connectivity index (χ4v) is 1.73. The van der Waals surface area contributed by atoms with Gasteiger partial charge < -0.3 is 10.2 Å². The maximum absolute atomic E-state index is 12.4. The molecule has 7 heteroatoms. The summed E-state index contributed by atoms with van der Waals surface area (Å²) < 4.78 is 37.3. The highest BCUT2D eigenvalue weighted by atomic mass is 79.9. The van der Waals surface area contributed by atoms with Crippen molar-refractivity contribution in [2.75, 3.05) is 5.33 Å². The molecule has 0 saturated heterocycles. The van der Waals surface area contributed by atoms with Crippen molar-refractivity contribution < 1.29 is 23.4 Å². The lowest BCUT2D eigenvalue weighted by Gasteiger charge is -2.18. The monoisotopic (exact) mass is 323 g/mol. The van der Waals surface area contributed by atoms with Gasteiger partial charge >= 0.3 is 6.18 Å². The molecule has 0 amide bonds. The summed E-state index contributed by atoms with van der Waals surface area (Å²) in [6.45, 7) is 0. The van der Waals surface area contributed by atoms with Gasteiger partial charge in [0.05, 0.1) is 23.3 Å². The van der Waals surface area contributed by atoms with E-state index in [-0.39, 0.29) is 16.5 Å². The number of alkyl halides is 4. The third-order valence-corrected chi connectivity index (χ3v) is 3.01. The second-order valence-electron chi connectivity index (χ2n) is 3.58. The summed E-state index contributed by atoms with van der Waals surface area (Å²) in [4.78, 5) is 0. The third kappa shape index (κ3) is 3.22. The number of benzene rings is 1. The highest BCUT2D eigenvalue weighted by Gasteiger charge is 2.32. The van der Waals surface area contributed by atoms with Crippen LogP contribution in [0.5, 0.6) is 0 Å². The first-order valence-corrected chi connectivity index (χ1v) is 5.96. The molecule has 3 nitrogen and oxygen atoms in total. The molecule has 1 aromatic carbocycles. The Bertz CT molecular complexity index is 470. The Labute approximate surface area is 110 Å². The van der Waals surface area contributed by atoms with Gasteiger partial charge in [-0.3, -0.25) is 0 Å². The van der Waals surface area contributed by atoms with Crippen molar-refractivity contribution in [3.63, 3.8) is 0 Å². The molecular weight excluding hydrogens is 315 g/mol. The molecule has 2 N–H and O–H groups in total. The molecule has 2 unspecified atom stereocenters. The highest BCUT2D eigenvalue weighted by molar-refractivity contribution is 9.09. The molecule has 0 fully saturated rings. The van der Waals surface area contributed by atoms with Crippen LogP contribution in [0.1, 0.15) is 22.8 Å². The van der Waals surface area contributed by atoms with Gasteiger partial charge in [-0.25, -0.2) is 0 Å². The first-order valence-electron chi connectivity index (χ1n) is 4.84. The van der Waals surface area contributed by atoms with E-state index in [1.165, 1.54) is 0 Å². The SMILES string of the molecule is N#Cc1cc(C(F)(F)F)ccc1C(O)C(O)CBr. The van der Waals surface area contributed by atoms with E-state index in [1.807, 2.05) is 0 Å². The maximum atomic E-state index is 12.4. The fraction of sp³-hybridized carbons (Fsp3) is 0.364. The zero-order valence-electron chi connectivity index (χ0n) is 8.95. The van der Waals surface area contributed by atoms with Crippen molar-refractivity contribution in [1.29, 1.82) is 5.26 Å². The van der Waals surface area contributed by atoms with Crippen LogP contribution in [-0.2, 0) is 6.18 Å². The standard InChI is InChI=1S/C11H9BrF3NO2/c12-4-9(17)10(18)8-2-1-7(11(13,14)15)3-6(8)5-16/h1-3,9-10,17-18H,4H2. The Morgan fingerprint density at radius 3 is 2.39 bits per heavy atom. The van der Waals surface area contributed by atoms with E-state index in [0.29, 0.717) is 6.07 Å². The van der Waals surface area contributed by atoms with Gasteiger partial charge in [-0.1, -0.05) is 22.0 Å². The van der Waals surface area contributed by atoms with Gasteiger partial charge in [0.25, 0.3) is 0 Å². The molecule has 0 aliphatic rings. The van der Waals surface area contributed by atoms with Crippen LogP contribution >= 0.6 is 15.9 Å². The summed E-state index contributed by atoms with van der Waals surface area (Å²) in [7, 11) is 0. The molecule has 0 radical (unpaired) electrons. The minimum Gasteiger partial charge on any atom is -0.389 e. The molecule has 0 bridgehead atoms. The first-order chi connectivity index (χ1) is 8.31. The first kappa shape index (κ1) is 15.0. The van der Waals surface area contributed by atoms with Crippen LogP contribution < -0.4 is 0 Å². The summed E-state index contributed by atoms with van der Waals surface area (Å²) >= 11 is 2.93. The zero-order valence-corrected chi connectivity index (χ0v) is 10.5. The number of halogens is 4. The number of nitrogens with zero attached hydrogens (tertiary/aromatic N) is 1. The van der Waals surface area contributed by atoms with E-state index in [0.717, 1.165) is 12.1 Å². The molecule has 0 aliphatic carbocycles. The average molecular weight is 324 g/mol. The number of nitriles is 1. The lowest BCUT2D eigenvalue weighted by atomic mass is 9.97. The summed E-state index contributed by atoms with van der Waals surface area (Å²) in [5, 5.41) is 27.9. The van der Waals surface area contributed by atoms with Crippen molar-refractivity contribution >= 4 is 15.9 Å². The van der Waals surface area contributed by atoms with Crippen molar-refractivity contribution in [2.45, 2.75) is 18.4 Å². The van der Waals surface area contributed by atoms with Gasteiger partial charge in [0.2, 0.25) is 0 Å². The van der Waals surface area contributed by atoms with Crippen molar-refractivity contribution in [2.24, 2.45) is 0 Å². The van der Waals surface area contributed by atoms with Gasteiger partial charge in [-0.05, 0) is 12.1 Å². The molecule has 0 heterocycles. The number of aliphatic hydroxyl groups excluding tert-OH is 2. The van der Waals surface area contributed by atoms with Gasteiger partial charge in [0.1, 0.15) is 6.10 Å². The van der Waals surface area contributed by atoms with Crippen LogP contribution in [0.15, 0.2) is 18.2 Å². The second-order valence-corrected chi connectivity index (χ2v) is 4.23. The Kier molecular flexibility index (Phi) is 4.73. The summed E-state index contributed by atoms with van der Waals surface area (Å²) in [6, 6.07) is 4.00. The smallest absolute Gasteiger partial charge is 0.389 e. The van der Waals surface area contributed by atoms with Gasteiger partial charge in [0, 0.05) is 10.9 Å². The van der Waals surface area contributed by atoms with Crippen LogP contribution in [0.3, 0.4) is 0 Å². The highest BCUT2D eigenvalue weighted by Crippen LogP contribution is 2.32. The number of aliphatic hydroxyl groups is 2. The van der Waals surface area contributed by atoms with E-state index in [4.69, 9.17) is 5.26 Å². The van der Waals surface area contributed by atoms with Gasteiger partial charge in [0.15, 0.2) is 0 Å². The fourth-order valence-electron chi connectivity index (χ4n) is 1.38. The van der Waals surface area contributed by atoms with Crippen molar-refractivity contribution in [1.82, 2.24) is 0 Å². The van der Waals surface area contributed by atoms with E-state index in [2.05, 4.69) is 15.9 Å². The minimum absolute atomic E-state index is 0.0301. The Hall–Kier alpha value is -1.10. The van der Waals surface area contributed by atoms with Crippen LogP contribution in [-0.4, -0.2) is 21.6 Å². The molecule has 0 saturated carbocycles. The van der Waals surface area contributed by atoms with E-state index in [1.54, 1.807) is 6.07 Å². The Morgan fingerprint density at radius 1 is 1.33 bits per heavy atom. The maximum Gasteiger partial charge on any atom is 0.416 e. The minimum atomic E-state index is -4.55. The molecule has 18 heavy (non-hydrogen) atoms. The van der Waals surface area contributed by atoms with E-state index in [9.17, 15) is 23.4 Å². The lowest BCUT2D eigenvalue weighted by Crippen LogP contribution is -2.20. The average Bonchev–Trinajstić information content (AvgIpc) is 2.35. The van der Waals surface area contributed by atoms with Crippen molar-refractivity contribution in [3.8, 4) is 6.07 Å². The molecule has 2 atom stereocenters. The molecule has 98 valence electrons. The number of hydrogen-bond acceptors (Lipinski definition) is 3. The quantitative estimate of drug-likeness (QED) is 0.839. The Balaban J connectivity index is 3.21. The van der Waals surface area contributed by atoms with E-state index < -0.39 is 23.9 Å². The van der Waals surface area contributed by atoms with E-state index >= 15 is 0 Å². The Morgan fingerprint density at radius 2 is 1.94 bits per heavy atom.